The summed E-state index contributed by atoms with van der Waals surface area (Å²) in [6.07, 6.45) is 1.18. The summed E-state index contributed by atoms with van der Waals surface area (Å²) in [6, 6.07) is 7.03. The first-order valence-corrected chi connectivity index (χ1v) is 7.84. The predicted molar refractivity (Wildman–Crippen MR) is 84.1 cm³/mol. The molecule has 0 saturated carbocycles. The Kier molecular flexibility index (Phi) is 5.52. The lowest BCUT2D eigenvalue weighted by atomic mass is 10.3. The minimum Gasteiger partial charge on any atom is -0.479 e. The van der Waals surface area contributed by atoms with Crippen LogP contribution >= 0.6 is 22.9 Å². The van der Waals surface area contributed by atoms with Gasteiger partial charge in [-0.25, -0.2) is 0 Å². The smallest absolute Gasteiger partial charge is 0.266 e. The molecule has 0 aliphatic rings. The van der Waals surface area contributed by atoms with Gasteiger partial charge in [0, 0.05) is 6.42 Å². The van der Waals surface area contributed by atoms with Crippen LogP contribution in [-0.2, 0) is 11.2 Å². The lowest BCUT2D eigenvalue weighted by Gasteiger charge is -2.14. The second-order valence-corrected chi connectivity index (χ2v) is 5.90. The molecule has 1 amide bonds. The van der Waals surface area contributed by atoms with Gasteiger partial charge in [-0.2, -0.15) is 0 Å². The minimum atomic E-state index is -0.677. The van der Waals surface area contributed by atoms with Crippen molar-refractivity contribution in [3.8, 4) is 5.75 Å². The van der Waals surface area contributed by atoms with E-state index in [9.17, 15) is 4.79 Å². The Morgan fingerprint density at radius 2 is 2.19 bits per heavy atom. The van der Waals surface area contributed by atoms with Gasteiger partial charge >= 0.3 is 0 Å². The van der Waals surface area contributed by atoms with Gasteiger partial charge in [0.2, 0.25) is 5.13 Å². The zero-order valence-electron chi connectivity index (χ0n) is 11.8. The fourth-order valence-corrected chi connectivity index (χ4v) is 2.63. The van der Waals surface area contributed by atoms with Crippen LogP contribution in [-0.4, -0.2) is 22.2 Å². The van der Waals surface area contributed by atoms with Crippen molar-refractivity contribution in [3.63, 3.8) is 0 Å². The molecule has 0 saturated heterocycles. The van der Waals surface area contributed by atoms with Gasteiger partial charge in [-0.15, -0.1) is 10.2 Å². The highest BCUT2D eigenvalue weighted by Crippen LogP contribution is 2.24. The van der Waals surface area contributed by atoms with E-state index in [1.807, 2.05) is 0 Å². The van der Waals surface area contributed by atoms with Crippen molar-refractivity contribution in [2.75, 3.05) is 5.32 Å². The van der Waals surface area contributed by atoms with Crippen LogP contribution in [0.5, 0.6) is 5.75 Å². The number of nitrogens with zero attached hydrogens (tertiary/aromatic N) is 2. The zero-order valence-corrected chi connectivity index (χ0v) is 13.4. The number of benzene rings is 1. The maximum absolute atomic E-state index is 12.1. The van der Waals surface area contributed by atoms with Gasteiger partial charge in [0.1, 0.15) is 10.8 Å². The molecule has 0 radical (unpaired) electrons. The van der Waals surface area contributed by atoms with Crippen molar-refractivity contribution >= 4 is 34.0 Å². The van der Waals surface area contributed by atoms with Crippen LogP contribution in [0, 0.1) is 0 Å². The maximum Gasteiger partial charge on any atom is 0.266 e. The quantitative estimate of drug-likeness (QED) is 0.882. The second kappa shape index (κ2) is 7.38. The summed E-state index contributed by atoms with van der Waals surface area (Å²) in [5, 5.41) is 12.5. The van der Waals surface area contributed by atoms with Crippen LogP contribution < -0.4 is 10.1 Å². The summed E-state index contributed by atoms with van der Waals surface area (Å²) in [7, 11) is 0. The van der Waals surface area contributed by atoms with Crippen molar-refractivity contribution < 1.29 is 9.53 Å². The van der Waals surface area contributed by atoms with Crippen LogP contribution in [0.2, 0.25) is 5.02 Å². The molecule has 0 bridgehead atoms. The molecule has 0 aliphatic carbocycles. The number of halogens is 1. The highest BCUT2D eigenvalue weighted by Gasteiger charge is 2.17. The molecule has 2 rings (SSSR count). The predicted octanol–water partition coefficient (Wildman–Crippen LogP) is 3.55. The lowest BCUT2D eigenvalue weighted by Crippen LogP contribution is -2.30. The number of aryl methyl sites for hydroxylation is 1. The molecule has 1 heterocycles. The highest BCUT2D eigenvalue weighted by atomic mass is 35.5. The third-order valence-corrected chi connectivity index (χ3v) is 3.88. The fourth-order valence-electron chi connectivity index (χ4n) is 1.61. The Morgan fingerprint density at radius 1 is 1.43 bits per heavy atom. The Bertz CT molecular complexity index is 618. The average Bonchev–Trinajstić information content (AvgIpc) is 2.89. The Balaban J connectivity index is 1.94. The van der Waals surface area contributed by atoms with Gasteiger partial charge in [0.05, 0.1) is 5.02 Å². The molecule has 21 heavy (non-hydrogen) atoms. The standard InChI is InChI=1S/C14H16ClN3O2S/c1-3-6-12-17-18-14(21-12)16-13(19)9(2)20-11-8-5-4-7-10(11)15/h4-5,7-9H,3,6H2,1-2H3,(H,16,18,19)/t9-/m1/s1. The molecule has 1 aromatic carbocycles. The Labute approximate surface area is 132 Å². The van der Waals surface area contributed by atoms with Gasteiger partial charge in [-0.1, -0.05) is 42.0 Å². The molecule has 0 aliphatic heterocycles. The number of anilines is 1. The lowest BCUT2D eigenvalue weighted by molar-refractivity contribution is -0.122. The summed E-state index contributed by atoms with van der Waals surface area (Å²) in [4.78, 5) is 12.1. The van der Waals surface area contributed by atoms with E-state index < -0.39 is 6.10 Å². The van der Waals surface area contributed by atoms with Crippen molar-refractivity contribution in [1.29, 1.82) is 0 Å². The third-order valence-electron chi connectivity index (χ3n) is 2.67. The summed E-state index contributed by atoms with van der Waals surface area (Å²) < 4.78 is 5.55. The van der Waals surface area contributed by atoms with E-state index in [-0.39, 0.29) is 5.91 Å². The SMILES string of the molecule is CCCc1nnc(NC(=O)[C@@H](C)Oc2ccccc2Cl)s1. The third kappa shape index (κ3) is 4.41. The average molecular weight is 326 g/mol. The van der Waals surface area contributed by atoms with Gasteiger partial charge in [-0.05, 0) is 25.5 Å². The minimum absolute atomic E-state index is 0.283. The van der Waals surface area contributed by atoms with E-state index in [0.29, 0.717) is 15.9 Å². The fraction of sp³-hybridized carbons (Fsp3) is 0.357. The first-order chi connectivity index (χ1) is 10.1. The van der Waals surface area contributed by atoms with E-state index in [4.69, 9.17) is 16.3 Å². The highest BCUT2D eigenvalue weighted by molar-refractivity contribution is 7.15. The van der Waals surface area contributed by atoms with Crippen molar-refractivity contribution in [2.24, 2.45) is 0 Å². The van der Waals surface area contributed by atoms with Crippen molar-refractivity contribution in [3.05, 3.63) is 34.3 Å². The molecule has 0 unspecified atom stereocenters. The van der Waals surface area contributed by atoms with Crippen LogP contribution in [0.4, 0.5) is 5.13 Å². The number of carbonyl (C=O) groups is 1. The van der Waals surface area contributed by atoms with E-state index >= 15 is 0 Å². The molecule has 1 aromatic heterocycles. The number of carbonyl (C=O) groups excluding carboxylic acids is 1. The number of para-hydroxylation sites is 1. The Hall–Kier alpha value is -1.66. The van der Waals surface area contributed by atoms with Crippen molar-refractivity contribution in [1.82, 2.24) is 10.2 Å². The summed E-state index contributed by atoms with van der Waals surface area (Å²) in [6.45, 7) is 3.73. The monoisotopic (exact) mass is 325 g/mol. The number of ether oxygens (including phenoxy) is 1. The van der Waals surface area contributed by atoms with Gasteiger partial charge in [-0.3, -0.25) is 10.1 Å². The largest absolute Gasteiger partial charge is 0.479 e. The van der Waals surface area contributed by atoms with Crippen LogP contribution in [0.3, 0.4) is 0 Å². The van der Waals surface area contributed by atoms with Gasteiger partial charge in [0.15, 0.2) is 6.10 Å². The molecular formula is C14H16ClN3O2S. The molecule has 0 spiro atoms. The zero-order chi connectivity index (χ0) is 15.2. The van der Waals surface area contributed by atoms with Gasteiger partial charge < -0.3 is 4.74 Å². The van der Waals surface area contributed by atoms with E-state index in [2.05, 4.69) is 22.4 Å². The van der Waals surface area contributed by atoms with E-state index in [1.54, 1.807) is 31.2 Å². The molecule has 7 heteroatoms. The molecule has 1 N–H and O–H groups in total. The van der Waals surface area contributed by atoms with E-state index in [1.165, 1.54) is 11.3 Å². The first-order valence-electron chi connectivity index (χ1n) is 6.64. The van der Waals surface area contributed by atoms with E-state index in [0.717, 1.165) is 17.8 Å². The number of amides is 1. The Morgan fingerprint density at radius 3 is 2.90 bits per heavy atom. The van der Waals surface area contributed by atoms with Crippen LogP contribution in [0.1, 0.15) is 25.3 Å². The molecule has 2 aromatic rings. The van der Waals surface area contributed by atoms with Crippen LogP contribution in [0.25, 0.3) is 0 Å². The summed E-state index contributed by atoms with van der Waals surface area (Å²) >= 11 is 7.37. The second-order valence-electron chi connectivity index (χ2n) is 4.43. The number of hydrogen-bond acceptors (Lipinski definition) is 5. The maximum atomic E-state index is 12.1. The summed E-state index contributed by atoms with van der Waals surface area (Å²) in [5.74, 6) is 0.194. The topological polar surface area (TPSA) is 64.1 Å². The van der Waals surface area contributed by atoms with Gasteiger partial charge in [0.25, 0.3) is 5.91 Å². The number of rotatable bonds is 6. The molecule has 0 fully saturated rings. The molecule has 5 nitrogen and oxygen atoms in total. The number of nitrogens with one attached hydrogen (secondary N) is 1. The summed E-state index contributed by atoms with van der Waals surface area (Å²) in [5.41, 5.74) is 0. The van der Waals surface area contributed by atoms with Crippen LogP contribution in [0.15, 0.2) is 24.3 Å². The first kappa shape index (κ1) is 15.7. The number of hydrogen-bond donors (Lipinski definition) is 1. The normalized spacial score (nSPS) is 12.0. The molecule has 1 atom stereocenters. The van der Waals surface area contributed by atoms with Crippen molar-refractivity contribution in [2.45, 2.75) is 32.8 Å². The molecule has 112 valence electrons. The number of aromatic nitrogens is 2. The molecular weight excluding hydrogens is 310 g/mol.